The molecule has 3 rings (SSSR count). The molecule has 1 aliphatic heterocycles. The fraction of sp³-hybridized carbons (Fsp3) is 0.526. The van der Waals surface area contributed by atoms with Crippen molar-refractivity contribution in [3.05, 3.63) is 35.3 Å². The molecule has 2 aromatic rings. The number of methoxy groups -OCH3 is 1. The van der Waals surface area contributed by atoms with Crippen LogP contribution in [0, 0.1) is 0 Å². The first-order chi connectivity index (χ1) is 13.6. The summed E-state index contributed by atoms with van der Waals surface area (Å²) in [5.41, 5.74) is -0.880. The highest BCUT2D eigenvalue weighted by Crippen LogP contribution is 2.24. The molecule has 0 radical (unpaired) electrons. The number of hydrogen-bond acceptors (Lipinski definition) is 8. The molecule has 1 amide bonds. The number of carbonyl (C=O) groups excluding carboxylic acids is 1. The molecule has 8 nitrogen and oxygen atoms in total. The lowest BCUT2D eigenvalue weighted by molar-refractivity contribution is -0.117. The Kier molecular flexibility index (Phi) is 7.32. The van der Waals surface area contributed by atoms with Crippen LogP contribution in [0.1, 0.15) is 24.3 Å². The van der Waals surface area contributed by atoms with Gasteiger partial charge in [0.2, 0.25) is 11.0 Å². The molecule has 152 valence electrons. The van der Waals surface area contributed by atoms with Crippen molar-refractivity contribution in [2.45, 2.75) is 31.5 Å². The molecule has 28 heavy (non-hydrogen) atoms. The summed E-state index contributed by atoms with van der Waals surface area (Å²) in [4.78, 5) is 14.3. The summed E-state index contributed by atoms with van der Waals surface area (Å²) in [6, 6.07) is 9.49. The Balaban J connectivity index is 1.45. The van der Waals surface area contributed by atoms with Crippen LogP contribution in [-0.4, -0.2) is 65.1 Å². The van der Waals surface area contributed by atoms with Gasteiger partial charge in [-0.05, 0) is 37.9 Å². The van der Waals surface area contributed by atoms with Crippen LogP contribution in [0.4, 0.5) is 5.13 Å². The van der Waals surface area contributed by atoms with Crippen molar-refractivity contribution >= 4 is 22.4 Å². The van der Waals surface area contributed by atoms with E-state index in [0.29, 0.717) is 31.1 Å². The fourth-order valence-corrected chi connectivity index (χ4v) is 3.85. The second kappa shape index (κ2) is 9.92. The average Bonchev–Trinajstić information content (AvgIpc) is 3.03. The molecule has 1 saturated heterocycles. The maximum absolute atomic E-state index is 12.3. The van der Waals surface area contributed by atoms with Crippen LogP contribution in [0.5, 0.6) is 5.75 Å². The number of amides is 1. The monoisotopic (exact) mass is 406 g/mol. The lowest BCUT2D eigenvalue weighted by atomic mass is 9.96. The molecule has 2 heterocycles. The van der Waals surface area contributed by atoms with Crippen LogP contribution in [0.25, 0.3) is 0 Å². The van der Waals surface area contributed by atoms with Gasteiger partial charge < -0.3 is 14.6 Å². The van der Waals surface area contributed by atoms with Gasteiger partial charge in [-0.25, -0.2) is 0 Å². The molecule has 9 heteroatoms. The first-order valence-corrected chi connectivity index (χ1v) is 10.1. The van der Waals surface area contributed by atoms with Gasteiger partial charge in [0.15, 0.2) is 0 Å². The molecular weight excluding hydrogens is 380 g/mol. The van der Waals surface area contributed by atoms with E-state index in [-0.39, 0.29) is 19.1 Å². The second-order valence-corrected chi connectivity index (χ2v) is 8.00. The first kappa shape index (κ1) is 20.7. The predicted octanol–water partition coefficient (Wildman–Crippen LogP) is 1.92. The lowest BCUT2D eigenvalue weighted by Crippen LogP contribution is -2.38. The van der Waals surface area contributed by atoms with E-state index in [1.54, 1.807) is 7.11 Å². The van der Waals surface area contributed by atoms with Crippen molar-refractivity contribution in [2.75, 3.05) is 38.7 Å². The summed E-state index contributed by atoms with van der Waals surface area (Å²) in [6.45, 7) is 2.28. The van der Waals surface area contributed by atoms with E-state index in [4.69, 9.17) is 9.47 Å². The Bertz CT molecular complexity index is 757. The standard InChI is InChI=1S/C19H26N4O4S/c1-26-13-17-21-22-18(28-17)20-16(24)12-23-10-5-8-19(25,9-11-23)14-27-15-6-3-2-4-7-15/h2-4,6-7,25H,5,8-14H2,1H3,(H,20,22,24). The van der Waals surface area contributed by atoms with Gasteiger partial charge in [0, 0.05) is 13.7 Å². The minimum absolute atomic E-state index is 0.133. The molecule has 1 aromatic heterocycles. The van der Waals surface area contributed by atoms with Crippen LogP contribution in [0.3, 0.4) is 0 Å². The molecule has 0 aliphatic carbocycles. The normalized spacial score (nSPS) is 20.5. The van der Waals surface area contributed by atoms with E-state index in [0.717, 1.165) is 23.7 Å². The summed E-state index contributed by atoms with van der Waals surface area (Å²) < 4.78 is 10.8. The molecule has 1 unspecified atom stereocenters. The molecular formula is C19H26N4O4S. The van der Waals surface area contributed by atoms with E-state index in [1.165, 1.54) is 11.3 Å². The number of para-hydroxylation sites is 1. The number of carbonyl (C=O) groups is 1. The van der Waals surface area contributed by atoms with Gasteiger partial charge >= 0.3 is 0 Å². The highest BCUT2D eigenvalue weighted by atomic mass is 32.1. The van der Waals surface area contributed by atoms with E-state index in [2.05, 4.69) is 15.5 Å². The van der Waals surface area contributed by atoms with E-state index < -0.39 is 5.60 Å². The Morgan fingerprint density at radius 3 is 2.89 bits per heavy atom. The van der Waals surface area contributed by atoms with Gasteiger partial charge in [-0.15, -0.1) is 10.2 Å². The van der Waals surface area contributed by atoms with Gasteiger partial charge in [0.05, 0.1) is 12.1 Å². The number of benzene rings is 1. The largest absolute Gasteiger partial charge is 0.491 e. The van der Waals surface area contributed by atoms with Gasteiger partial charge in [0.25, 0.3) is 0 Å². The molecule has 0 bridgehead atoms. The number of hydrogen-bond donors (Lipinski definition) is 2. The molecule has 1 fully saturated rings. The molecule has 1 atom stereocenters. The van der Waals surface area contributed by atoms with E-state index in [1.807, 2.05) is 35.2 Å². The third kappa shape index (κ3) is 6.23. The van der Waals surface area contributed by atoms with Crippen molar-refractivity contribution in [3.63, 3.8) is 0 Å². The minimum Gasteiger partial charge on any atom is -0.491 e. The Morgan fingerprint density at radius 1 is 1.29 bits per heavy atom. The Labute approximate surface area is 168 Å². The summed E-state index contributed by atoms with van der Waals surface area (Å²) >= 11 is 1.30. The number of aromatic nitrogens is 2. The summed E-state index contributed by atoms with van der Waals surface area (Å²) in [5.74, 6) is 0.618. The van der Waals surface area contributed by atoms with Crippen molar-refractivity contribution in [2.24, 2.45) is 0 Å². The number of nitrogens with zero attached hydrogens (tertiary/aromatic N) is 3. The SMILES string of the molecule is COCc1nnc(NC(=O)CN2CCCC(O)(COc3ccccc3)CC2)s1. The quantitative estimate of drug-likeness (QED) is 0.691. The number of nitrogens with one attached hydrogen (secondary N) is 1. The smallest absolute Gasteiger partial charge is 0.240 e. The molecule has 1 aromatic carbocycles. The van der Waals surface area contributed by atoms with Crippen LogP contribution < -0.4 is 10.1 Å². The molecule has 2 N–H and O–H groups in total. The van der Waals surface area contributed by atoms with Crippen molar-refractivity contribution in [1.82, 2.24) is 15.1 Å². The highest BCUT2D eigenvalue weighted by molar-refractivity contribution is 7.15. The summed E-state index contributed by atoms with van der Waals surface area (Å²) in [6.07, 6.45) is 2.01. The molecule has 0 spiro atoms. The zero-order valence-corrected chi connectivity index (χ0v) is 16.8. The van der Waals surface area contributed by atoms with Gasteiger partial charge in [-0.2, -0.15) is 0 Å². The third-order valence-corrected chi connectivity index (χ3v) is 5.42. The van der Waals surface area contributed by atoms with Crippen molar-refractivity contribution < 1.29 is 19.4 Å². The highest BCUT2D eigenvalue weighted by Gasteiger charge is 2.31. The maximum Gasteiger partial charge on any atom is 0.240 e. The topological polar surface area (TPSA) is 96.8 Å². The van der Waals surface area contributed by atoms with E-state index >= 15 is 0 Å². The van der Waals surface area contributed by atoms with Gasteiger partial charge in [-0.3, -0.25) is 15.0 Å². The number of ether oxygens (including phenoxy) is 2. The number of anilines is 1. The lowest BCUT2D eigenvalue weighted by Gasteiger charge is -2.26. The van der Waals surface area contributed by atoms with Crippen molar-refractivity contribution in [1.29, 1.82) is 0 Å². The Morgan fingerprint density at radius 2 is 2.11 bits per heavy atom. The number of rotatable bonds is 8. The predicted molar refractivity (Wildman–Crippen MR) is 106 cm³/mol. The van der Waals surface area contributed by atoms with Gasteiger partial charge in [-0.1, -0.05) is 29.5 Å². The van der Waals surface area contributed by atoms with Crippen LogP contribution >= 0.6 is 11.3 Å². The zero-order valence-electron chi connectivity index (χ0n) is 16.0. The second-order valence-electron chi connectivity index (χ2n) is 6.94. The van der Waals surface area contributed by atoms with Crippen LogP contribution in [0.15, 0.2) is 30.3 Å². The zero-order chi connectivity index (χ0) is 19.8. The molecule has 1 aliphatic rings. The average molecular weight is 407 g/mol. The Hall–Kier alpha value is -2.07. The molecule has 0 saturated carbocycles. The minimum atomic E-state index is -0.880. The number of aliphatic hydroxyl groups is 1. The summed E-state index contributed by atoms with van der Waals surface area (Å²) in [7, 11) is 1.59. The van der Waals surface area contributed by atoms with E-state index in [9.17, 15) is 9.90 Å². The third-order valence-electron chi connectivity index (χ3n) is 4.61. The first-order valence-electron chi connectivity index (χ1n) is 9.30. The fourth-order valence-electron chi connectivity index (χ4n) is 3.12. The van der Waals surface area contributed by atoms with Crippen molar-refractivity contribution in [3.8, 4) is 5.75 Å². The van der Waals surface area contributed by atoms with Crippen LogP contribution in [0.2, 0.25) is 0 Å². The van der Waals surface area contributed by atoms with Gasteiger partial charge in [0.1, 0.15) is 24.0 Å². The summed E-state index contributed by atoms with van der Waals surface area (Å²) in [5, 5.41) is 22.7. The number of likely N-dealkylation sites (tertiary alicyclic amines) is 1. The maximum atomic E-state index is 12.3. The van der Waals surface area contributed by atoms with Crippen LogP contribution in [-0.2, 0) is 16.1 Å².